The normalized spacial score (nSPS) is 17.7. The molecule has 0 saturated heterocycles. The molecule has 40 heavy (non-hydrogen) atoms. The number of rotatable bonds is 6. The summed E-state index contributed by atoms with van der Waals surface area (Å²) in [5.41, 5.74) is 5.55. The number of hydrogen-bond acceptors (Lipinski definition) is 8. The topological polar surface area (TPSA) is 118 Å². The van der Waals surface area contributed by atoms with E-state index >= 15 is 0 Å². The summed E-state index contributed by atoms with van der Waals surface area (Å²) in [7, 11) is 1.69. The Labute approximate surface area is 235 Å². The molecule has 10 nitrogen and oxygen atoms in total. The minimum Gasteiger partial charge on any atom is -0.392 e. The Morgan fingerprint density at radius 2 is 1.98 bits per heavy atom. The van der Waals surface area contributed by atoms with Crippen LogP contribution in [0.5, 0.6) is 0 Å². The molecule has 0 spiro atoms. The minimum atomic E-state index is -0.305. The molecular weight excluding hydrogens is 526 g/mol. The highest BCUT2D eigenvalue weighted by Crippen LogP contribution is 2.43. The average molecular weight is 558 g/mol. The predicted octanol–water partition coefficient (Wildman–Crippen LogP) is 4.00. The van der Waals surface area contributed by atoms with E-state index in [-0.39, 0.29) is 23.5 Å². The number of aromatic nitrogens is 5. The van der Waals surface area contributed by atoms with Gasteiger partial charge in [-0.2, -0.15) is 0 Å². The van der Waals surface area contributed by atoms with Crippen LogP contribution in [0.15, 0.2) is 35.4 Å². The summed E-state index contributed by atoms with van der Waals surface area (Å²) < 4.78 is 3.67. The van der Waals surface area contributed by atoms with Gasteiger partial charge >= 0.3 is 0 Å². The largest absolute Gasteiger partial charge is 0.392 e. The molecule has 1 aliphatic heterocycles. The van der Waals surface area contributed by atoms with Crippen molar-refractivity contribution in [3.8, 4) is 11.1 Å². The van der Waals surface area contributed by atoms with Crippen LogP contribution in [0.2, 0.25) is 0 Å². The number of aliphatic hydroxyl groups excluding tert-OH is 1. The zero-order chi connectivity index (χ0) is 27.8. The van der Waals surface area contributed by atoms with E-state index in [0.29, 0.717) is 52.5 Å². The van der Waals surface area contributed by atoms with Crippen molar-refractivity contribution in [3.05, 3.63) is 68.5 Å². The number of fused-ring (bicyclic) bond motifs is 3. The highest BCUT2D eigenvalue weighted by molar-refractivity contribution is 7.15. The van der Waals surface area contributed by atoms with Crippen LogP contribution < -0.4 is 15.8 Å². The highest BCUT2D eigenvalue weighted by Gasteiger charge is 2.37. The molecule has 0 atom stereocenters. The number of carbonyl (C=O) groups excluding carboxylic acids is 1. The second-order valence-corrected chi connectivity index (χ2v) is 12.9. The van der Waals surface area contributed by atoms with Crippen LogP contribution in [0, 0.1) is 5.41 Å². The monoisotopic (exact) mass is 557 g/mol. The van der Waals surface area contributed by atoms with Crippen molar-refractivity contribution in [2.45, 2.75) is 58.6 Å². The molecule has 2 N–H and O–H groups in total. The number of anilines is 3. The first-order chi connectivity index (χ1) is 19.2. The van der Waals surface area contributed by atoms with Crippen LogP contribution in [-0.4, -0.2) is 41.9 Å². The molecule has 2 aliphatic carbocycles. The number of aryl methyl sites for hydroxylation is 1. The quantitative estimate of drug-likeness (QED) is 0.368. The van der Waals surface area contributed by atoms with Crippen LogP contribution in [0.4, 0.5) is 16.6 Å². The molecular formula is C29H31N7O3S. The lowest BCUT2D eigenvalue weighted by molar-refractivity contribution is 0.0962. The maximum absolute atomic E-state index is 13.7. The molecule has 206 valence electrons. The fraction of sp³-hybridized carbons (Fsp3) is 0.414. The predicted molar refractivity (Wildman–Crippen MR) is 153 cm³/mol. The molecule has 11 heteroatoms. The van der Waals surface area contributed by atoms with Crippen LogP contribution in [-0.2, 0) is 33.0 Å². The van der Waals surface area contributed by atoms with Gasteiger partial charge in [-0.1, -0.05) is 25.2 Å². The number of hydrogen-bond donors (Lipinski definition) is 2. The third-order valence-corrected chi connectivity index (χ3v) is 9.18. The first kappa shape index (κ1) is 25.2. The molecule has 4 aromatic rings. The van der Waals surface area contributed by atoms with Gasteiger partial charge in [0.05, 0.1) is 6.61 Å². The number of pyridine rings is 2. The number of nitrogens with zero attached hydrogens (tertiary/aromatic N) is 6. The number of carbonyl (C=O) groups is 1. The molecule has 5 heterocycles. The van der Waals surface area contributed by atoms with Crippen molar-refractivity contribution < 1.29 is 9.90 Å². The second kappa shape index (κ2) is 9.10. The number of nitrogens with one attached hydrogen (secondary N) is 1. The molecule has 3 aliphatic rings. The van der Waals surface area contributed by atoms with Gasteiger partial charge in [0.1, 0.15) is 22.2 Å². The third kappa shape index (κ3) is 4.15. The minimum absolute atomic E-state index is 0.108. The highest BCUT2D eigenvalue weighted by atomic mass is 32.1. The van der Waals surface area contributed by atoms with Crippen LogP contribution >= 0.6 is 11.3 Å². The van der Waals surface area contributed by atoms with E-state index in [2.05, 4.69) is 38.9 Å². The molecule has 0 aromatic carbocycles. The van der Waals surface area contributed by atoms with Gasteiger partial charge in [-0.25, -0.2) is 4.98 Å². The summed E-state index contributed by atoms with van der Waals surface area (Å²) in [6, 6.07) is 5.60. The van der Waals surface area contributed by atoms with E-state index < -0.39 is 0 Å². The average Bonchev–Trinajstić information content (AvgIpc) is 3.47. The van der Waals surface area contributed by atoms with Crippen molar-refractivity contribution in [1.82, 2.24) is 24.3 Å². The Kier molecular flexibility index (Phi) is 5.72. The SMILES string of the molecule is Cn1cc(-c2ccnc(N3CCn4c(cc5c4CC(C)(C)C5)C3=O)c2CO)cc(Nc2nnc(C3CC3)s2)c1=O. The van der Waals surface area contributed by atoms with Crippen molar-refractivity contribution in [2.75, 3.05) is 16.8 Å². The van der Waals surface area contributed by atoms with Gasteiger partial charge in [-0.05, 0) is 60.4 Å². The number of amides is 1. The Morgan fingerprint density at radius 1 is 1.15 bits per heavy atom. The lowest BCUT2D eigenvalue weighted by atomic mass is 9.90. The second-order valence-electron chi connectivity index (χ2n) is 11.8. The Bertz CT molecular complexity index is 1730. The Balaban J connectivity index is 1.23. The van der Waals surface area contributed by atoms with Gasteiger partial charge in [-0.15, -0.1) is 10.2 Å². The molecule has 4 aromatic heterocycles. The van der Waals surface area contributed by atoms with Crippen LogP contribution in [0.25, 0.3) is 11.1 Å². The van der Waals surface area contributed by atoms with E-state index in [4.69, 9.17) is 0 Å². The van der Waals surface area contributed by atoms with E-state index in [1.54, 1.807) is 30.4 Å². The van der Waals surface area contributed by atoms with E-state index in [1.807, 2.05) is 12.1 Å². The van der Waals surface area contributed by atoms with Gasteiger partial charge in [0, 0.05) is 55.3 Å². The lowest BCUT2D eigenvalue weighted by Gasteiger charge is -2.31. The lowest BCUT2D eigenvalue weighted by Crippen LogP contribution is -2.41. The summed E-state index contributed by atoms with van der Waals surface area (Å²) in [6.07, 6.45) is 7.58. The van der Waals surface area contributed by atoms with Gasteiger partial charge in [0.2, 0.25) is 5.13 Å². The van der Waals surface area contributed by atoms with Crippen molar-refractivity contribution in [3.63, 3.8) is 0 Å². The zero-order valence-corrected chi connectivity index (χ0v) is 23.6. The summed E-state index contributed by atoms with van der Waals surface area (Å²) >= 11 is 1.47. The first-order valence-corrected chi connectivity index (χ1v) is 14.5. The van der Waals surface area contributed by atoms with E-state index in [1.165, 1.54) is 27.2 Å². The summed E-state index contributed by atoms with van der Waals surface area (Å²) in [4.78, 5) is 32.9. The first-order valence-electron chi connectivity index (χ1n) is 13.7. The van der Waals surface area contributed by atoms with Crippen LogP contribution in [0.3, 0.4) is 0 Å². The van der Waals surface area contributed by atoms with Gasteiger partial charge in [0.25, 0.3) is 11.5 Å². The van der Waals surface area contributed by atoms with Gasteiger partial charge < -0.3 is 19.6 Å². The standard InChI is InChI=1S/C29H31N7O3S/c1-29(2)12-17-11-22-27(39)36(9-8-35(22)23(17)13-29)24-20(15-37)19(6-7-30-24)18-10-21(26(38)34(3)14-18)31-28-33-32-25(40-28)16-4-5-16/h6-7,10-11,14,16,37H,4-5,8-9,12-13,15H2,1-3H3,(H,31,33). The third-order valence-electron chi connectivity index (χ3n) is 8.17. The smallest absolute Gasteiger partial charge is 0.276 e. The summed E-state index contributed by atoms with van der Waals surface area (Å²) in [5.74, 6) is 0.820. The molecule has 1 amide bonds. The molecule has 0 radical (unpaired) electrons. The van der Waals surface area contributed by atoms with Crippen molar-refractivity contribution in [2.24, 2.45) is 12.5 Å². The van der Waals surface area contributed by atoms with Crippen molar-refractivity contribution >= 4 is 33.9 Å². The molecule has 1 fully saturated rings. The summed E-state index contributed by atoms with van der Waals surface area (Å²) in [5, 5.41) is 23.7. The molecule has 0 bridgehead atoms. The van der Waals surface area contributed by atoms with Crippen molar-refractivity contribution in [1.29, 1.82) is 0 Å². The molecule has 7 rings (SSSR count). The van der Waals surface area contributed by atoms with Gasteiger partial charge in [0.15, 0.2) is 0 Å². The van der Waals surface area contributed by atoms with Crippen LogP contribution in [0.1, 0.15) is 64.9 Å². The number of aliphatic hydroxyl groups is 1. The molecule has 0 unspecified atom stereocenters. The van der Waals surface area contributed by atoms with Gasteiger partial charge in [-0.3, -0.25) is 14.5 Å². The van der Waals surface area contributed by atoms with E-state index in [9.17, 15) is 14.7 Å². The maximum atomic E-state index is 13.7. The Hall–Kier alpha value is -3.83. The fourth-order valence-electron chi connectivity index (χ4n) is 6.10. The fourth-order valence-corrected chi connectivity index (χ4v) is 7.02. The molecule has 1 saturated carbocycles. The summed E-state index contributed by atoms with van der Waals surface area (Å²) in [6.45, 7) is 5.37. The van der Waals surface area contributed by atoms with E-state index in [0.717, 1.165) is 36.3 Å². The Morgan fingerprint density at radius 3 is 2.75 bits per heavy atom. The maximum Gasteiger partial charge on any atom is 0.276 e. The zero-order valence-electron chi connectivity index (χ0n) is 22.8.